The molecule has 1 saturated heterocycles. The molecule has 0 unspecified atom stereocenters. The van der Waals surface area contributed by atoms with Gasteiger partial charge in [0.05, 0.1) is 0 Å². The number of nitrogens with one attached hydrogen (secondary N) is 1. The Bertz CT molecular complexity index is 217. The van der Waals surface area contributed by atoms with E-state index >= 15 is 0 Å². The minimum absolute atomic E-state index is 0.0322. The van der Waals surface area contributed by atoms with Crippen LogP contribution in [0.3, 0.4) is 0 Å². The molecule has 1 fully saturated rings. The minimum Gasteiger partial charge on any atom is -0.413 e. The third kappa shape index (κ3) is 7.22. The van der Waals surface area contributed by atoms with E-state index in [1.54, 1.807) is 0 Å². The van der Waals surface area contributed by atoms with Gasteiger partial charge in [0.2, 0.25) is 0 Å². The van der Waals surface area contributed by atoms with Crippen LogP contribution in [0.15, 0.2) is 0 Å². The van der Waals surface area contributed by atoms with Crippen molar-refractivity contribution in [3.8, 4) is 0 Å². The smallest absolute Gasteiger partial charge is 0.187 e. The lowest BCUT2D eigenvalue weighted by Crippen LogP contribution is -2.39. The van der Waals surface area contributed by atoms with Gasteiger partial charge in [-0.25, -0.2) is 0 Å². The van der Waals surface area contributed by atoms with Gasteiger partial charge in [0, 0.05) is 5.60 Å². The molecule has 1 aliphatic rings. The van der Waals surface area contributed by atoms with Crippen molar-refractivity contribution in [2.45, 2.75) is 71.2 Å². The van der Waals surface area contributed by atoms with Gasteiger partial charge in [-0.2, -0.15) is 0 Å². The van der Waals surface area contributed by atoms with Crippen LogP contribution < -0.4 is 5.32 Å². The van der Waals surface area contributed by atoms with Crippen LogP contribution in [0, 0.1) is 5.92 Å². The molecule has 2 nitrogen and oxygen atoms in total. The Kier molecular flexibility index (Phi) is 5.67. The quantitative estimate of drug-likeness (QED) is 0.757. The van der Waals surface area contributed by atoms with Crippen molar-refractivity contribution in [3.63, 3.8) is 0 Å². The third-order valence-electron chi connectivity index (χ3n) is 3.43. The predicted octanol–water partition coefficient (Wildman–Crippen LogP) is 3.79. The van der Waals surface area contributed by atoms with E-state index in [0.29, 0.717) is 0 Å². The lowest BCUT2D eigenvalue weighted by molar-refractivity contribution is 0.119. The SMILES string of the molecule is CC(C)(C)O[Si](C)(C)CCCC1CCNCC1. The average molecular weight is 257 g/mol. The monoisotopic (exact) mass is 257 g/mol. The van der Waals surface area contributed by atoms with E-state index in [1.807, 2.05) is 0 Å². The molecule has 0 radical (unpaired) electrons. The summed E-state index contributed by atoms with van der Waals surface area (Å²) in [7, 11) is -1.44. The summed E-state index contributed by atoms with van der Waals surface area (Å²) < 4.78 is 6.24. The van der Waals surface area contributed by atoms with Gasteiger partial charge in [-0.1, -0.05) is 12.8 Å². The van der Waals surface area contributed by atoms with Gasteiger partial charge in [-0.3, -0.25) is 0 Å². The second-order valence-electron chi connectivity index (χ2n) is 7.06. The third-order valence-corrected chi connectivity index (χ3v) is 6.16. The largest absolute Gasteiger partial charge is 0.413 e. The molecule has 1 N–H and O–H groups in total. The van der Waals surface area contributed by atoms with Crippen molar-refractivity contribution >= 4 is 8.32 Å². The first-order chi connectivity index (χ1) is 7.79. The van der Waals surface area contributed by atoms with E-state index in [1.165, 1.54) is 44.8 Å². The van der Waals surface area contributed by atoms with Crippen LogP contribution in [0.4, 0.5) is 0 Å². The van der Waals surface area contributed by atoms with Crippen molar-refractivity contribution in [3.05, 3.63) is 0 Å². The molecule has 3 heteroatoms. The maximum absolute atomic E-state index is 6.24. The molecule has 0 bridgehead atoms. The van der Waals surface area contributed by atoms with Crippen molar-refractivity contribution in [2.24, 2.45) is 5.92 Å². The Labute approximate surface area is 109 Å². The zero-order valence-corrected chi connectivity index (χ0v) is 13.4. The molecule has 0 aliphatic carbocycles. The number of hydrogen-bond donors (Lipinski definition) is 1. The van der Waals surface area contributed by atoms with Crippen LogP contribution in [0.1, 0.15) is 46.5 Å². The van der Waals surface area contributed by atoms with Crippen LogP contribution in [0.2, 0.25) is 19.1 Å². The highest BCUT2D eigenvalue weighted by Crippen LogP contribution is 2.25. The standard InChI is InChI=1S/C14H31NOSi/c1-14(2,3)16-17(4,5)12-6-7-13-8-10-15-11-9-13/h13,15H,6-12H2,1-5H3. The summed E-state index contributed by atoms with van der Waals surface area (Å²) in [4.78, 5) is 0. The van der Waals surface area contributed by atoms with E-state index in [9.17, 15) is 0 Å². The summed E-state index contributed by atoms with van der Waals surface area (Å²) >= 11 is 0. The molecule has 0 amide bonds. The number of rotatable bonds is 5. The van der Waals surface area contributed by atoms with E-state index < -0.39 is 8.32 Å². The van der Waals surface area contributed by atoms with E-state index in [0.717, 1.165) is 5.92 Å². The maximum Gasteiger partial charge on any atom is 0.187 e. The van der Waals surface area contributed by atoms with Crippen molar-refractivity contribution in [1.82, 2.24) is 5.32 Å². The molecule has 0 saturated carbocycles. The fourth-order valence-corrected chi connectivity index (χ4v) is 5.68. The maximum atomic E-state index is 6.24. The molecule has 1 heterocycles. The Balaban J connectivity index is 2.20. The van der Waals surface area contributed by atoms with Gasteiger partial charge in [0.1, 0.15) is 0 Å². The first-order valence-corrected chi connectivity index (χ1v) is 10.3. The van der Waals surface area contributed by atoms with Crippen LogP contribution in [-0.2, 0) is 4.43 Å². The Morgan fingerprint density at radius 3 is 2.29 bits per heavy atom. The van der Waals surface area contributed by atoms with Crippen LogP contribution >= 0.6 is 0 Å². The molecule has 1 aliphatic heterocycles. The zero-order chi connectivity index (χ0) is 12.9. The highest BCUT2D eigenvalue weighted by Gasteiger charge is 2.28. The molecule has 0 aromatic rings. The molecule has 0 spiro atoms. The van der Waals surface area contributed by atoms with Gasteiger partial charge in [0.25, 0.3) is 0 Å². The summed E-state index contributed by atoms with van der Waals surface area (Å²) in [6, 6.07) is 1.31. The molecule has 0 atom stereocenters. The molecule has 102 valence electrons. The lowest BCUT2D eigenvalue weighted by Gasteiger charge is -2.33. The summed E-state index contributed by atoms with van der Waals surface area (Å²) in [5.74, 6) is 0.968. The molecular formula is C14H31NOSi. The van der Waals surface area contributed by atoms with E-state index in [2.05, 4.69) is 39.2 Å². The summed E-state index contributed by atoms with van der Waals surface area (Å²) in [6.45, 7) is 13.7. The summed E-state index contributed by atoms with van der Waals surface area (Å²) in [5, 5.41) is 3.44. The first kappa shape index (κ1) is 15.2. The second-order valence-corrected chi connectivity index (χ2v) is 11.3. The fourth-order valence-electron chi connectivity index (χ4n) is 2.87. The Morgan fingerprint density at radius 1 is 1.18 bits per heavy atom. The van der Waals surface area contributed by atoms with Crippen molar-refractivity contribution in [1.29, 1.82) is 0 Å². The highest BCUT2D eigenvalue weighted by atomic mass is 28.4. The van der Waals surface area contributed by atoms with Crippen LogP contribution in [0.25, 0.3) is 0 Å². The molecular weight excluding hydrogens is 226 g/mol. The second kappa shape index (κ2) is 6.35. The lowest BCUT2D eigenvalue weighted by atomic mass is 9.94. The van der Waals surface area contributed by atoms with Gasteiger partial charge in [-0.05, 0) is 71.8 Å². The zero-order valence-electron chi connectivity index (χ0n) is 12.4. The summed E-state index contributed by atoms with van der Waals surface area (Å²) in [5.41, 5.74) is 0.0322. The average Bonchev–Trinajstić information content (AvgIpc) is 2.15. The van der Waals surface area contributed by atoms with E-state index in [-0.39, 0.29) is 5.60 Å². The van der Waals surface area contributed by atoms with Gasteiger partial charge < -0.3 is 9.74 Å². The van der Waals surface area contributed by atoms with Crippen LogP contribution in [-0.4, -0.2) is 27.0 Å². The molecule has 17 heavy (non-hydrogen) atoms. The number of hydrogen-bond acceptors (Lipinski definition) is 2. The Hall–Kier alpha value is 0.137. The molecule has 1 rings (SSSR count). The molecule has 0 aromatic heterocycles. The summed E-state index contributed by atoms with van der Waals surface area (Å²) in [6.07, 6.45) is 5.52. The van der Waals surface area contributed by atoms with E-state index in [4.69, 9.17) is 4.43 Å². The van der Waals surface area contributed by atoms with Crippen molar-refractivity contribution in [2.75, 3.05) is 13.1 Å². The first-order valence-electron chi connectivity index (χ1n) is 7.19. The van der Waals surface area contributed by atoms with Gasteiger partial charge in [-0.15, -0.1) is 0 Å². The van der Waals surface area contributed by atoms with Crippen LogP contribution in [0.5, 0.6) is 0 Å². The minimum atomic E-state index is -1.44. The predicted molar refractivity (Wildman–Crippen MR) is 78.0 cm³/mol. The Morgan fingerprint density at radius 2 is 1.76 bits per heavy atom. The normalized spacial score (nSPS) is 19.6. The molecule has 0 aromatic carbocycles. The fraction of sp³-hybridized carbons (Fsp3) is 1.00. The van der Waals surface area contributed by atoms with Gasteiger partial charge >= 0.3 is 0 Å². The highest BCUT2D eigenvalue weighted by molar-refractivity contribution is 6.71. The van der Waals surface area contributed by atoms with Crippen molar-refractivity contribution < 1.29 is 4.43 Å². The topological polar surface area (TPSA) is 21.3 Å². The van der Waals surface area contributed by atoms with Gasteiger partial charge in [0.15, 0.2) is 8.32 Å². The number of piperidine rings is 1.